The second-order valence-electron chi connectivity index (χ2n) is 5.04. The Morgan fingerprint density at radius 2 is 2.11 bits per heavy atom. The Kier molecular flexibility index (Phi) is 5.67. The first kappa shape index (κ1) is 14.8. The van der Waals surface area contributed by atoms with Crippen LogP contribution < -0.4 is 5.73 Å². The number of rotatable bonds is 4. The molecule has 19 heavy (non-hydrogen) atoms. The molecule has 0 aliphatic carbocycles. The monoisotopic (exact) mass is 282 g/mol. The number of halogens is 1. The molecule has 1 aliphatic rings. The van der Waals surface area contributed by atoms with Crippen molar-refractivity contribution in [2.45, 2.75) is 31.8 Å². The van der Waals surface area contributed by atoms with Crippen molar-refractivity contribution in [3.63, 3.8) is 0 Å². The minimum atomic E-state index is -0.131. The van der Waals surface area contributed by atoms with Gasteiger partial charge in [0.05, 0.1) is 6.04 Å². The Hall–Kier alpha value is -0.580. The third kappa shape index (κ3) is 3.71. The van der Waals surface area contributed by atoms with Gasteiger partial charge < -0.3 is 5.73 Å². The highest BCUT2D eigenvalue weighted by Crippen LogP contribution is 2.29. The number of hydrogen-bond donors (Lipinski definition) is 1. The van der Waals surface area contributed by atoms with Gasteiger partial charge in [0.25, 0.3) is 0 Å². The SMILES string of the molecule is CCC(N)C(c1ccccc1F)N1CCCSCC1. The topological polar surface area (TPSA) is 29.3 Å². The fourth-order valence-corrected chi connectivity index (χ4v) is 3.58. The van der Waals surface area contributed by atoms with Gasteiger partial charge in [0, 0.05) is 23.9 Å². The zero-order chi connectivity index (χ0) is 13.7. The second-order valence-corrected chi connectivity index (χ2v) is 6.27. The van der Waals surface area contributed by atoms with Crippen molar-refractivity contribution in [2.24, 2.45) is 5.73 Å². The third-order valence-corrected chi connectivity index (χ3v) is 4.80. The lowest BCUT2D eigenvalue weighted by Gasteiger charge is -2.35. The molecule has 0 amide bonds. The number of nitrogens with two attached hydrogens (primary N) is 1. The van der Waals surface area contributed by atoms with Gasteiger partial charge in [-0.25, -0.2) is 4.39 Å². The van der Waals surface area contributed by atoms with E-state index in [0.717, 1.165) is 37.2 Å². The Bertz CT molecular complexity index is 391. The quantitative estimate of drug-likeness (QED) is 0.920. The highest BCUT2D eigenvalue weighted by Gasteiger charge is 2.28. The van der Waals surface area contributed by atoms with Crippen LogP contribution in [0.3, 0.4) is 0 Å². The van der Waals surface area contributed by atoms with E-state index in [2.05, 4.69) is 11.8 Å². The van der Waals surface area contributed by atoms with Gasteiger partial charge in [0.15, 0.2) is 0 Å². The smallest absolute Gasteiger partial charge is 0.128 e. The zero-order valence-electron chi connectivity index (χ0n) is 11.5. The van der Waals surface area contributed by atoms with E-state index in [9.17, 15) is 4.39 Å². The van der Waals surface area contributed by atoms with Crippen molar-refractivity contribution in [3.05, 3.63) is 35.6 Å². The van der Waals surface area contributed by atoms with E-state index >= 15 is 0 Å². The van der Waals surface area contributed by atoms with E-state index in [1.54, 1.807) is 6.07 Å². The molecule has 2 rings (SSSR count). The molecule has 1 saturated heterocycles. The Morgan fingerprint density at radius 1 is 1.32 bits per heavy atom. The van der Waals surface area contributed by atoms with Crippen LogP contribution >= 0.6 is 11.8 Å². The van der Waals surface area contributed by atoms with Crippen LogP contribution in [0.4, 0.5) is 4.39 Å². The zero-order valence-corrected chi connectivity index (χ0v) is 12.3. The van der Waals surface area contributed by atoms with E-state index in [0.29, 0.717) is 0 Å². The number of benzene rings is 1. The Balaban J connectivity index is 2.27. The summed E-state index contributed by atoms with van der Waals surface area (Å²) < 4.78 is 14.1. The first-order valence-electron chi connectivity index (χ1n) is 7.06. The van der Waals surface area contributed by atoms with Gasteiger partial charge in [0.1, 0.15) is 5.82 Å². The highest BCUT2D eigenvalue weighted by molar-refractivity contribution is 7.99. The summed E-state index contributed by atoms with van der Waals surface area (Å²) in [4.78, 5) is 2.37. The first-order valence-corrected chi connectivity index (χ1v) is 8.21. The molecule has 2 unspecified atom stereocenters. The molecule has 1 fully saturated rings. The largest absolute Gasteiger partial charge is 0.326 e. The molecule has 0 saturated carbocycles. The van der Waals surface area contributed by atoms with Crippen molar-refractivity contribution in [1.82, 2.24) is 4.90 Å². The lowest BCUT2D eigenvalue weighted by Crippen LogP contribution is -2.42. The molecular weight excluding hydrogens is 259 g/mol. The van der Waals surface area contributed by atoms with Gasteiger partial charge in [-0.3, -0.25) is 4.90 Å². The van der Waals surface area contributed by atoms with E-state index in [1.807, 2.05) is 23.9 Å². The molecule has 0 radical (unpaired) electrons. The molecule has 2 atom stereocenters. The molecule has 1 aromatic rings. The molecule has 4 heteroatoms. The fourth-order valence-electron chi connectivity index (χ4n) is 2.68. The maximum absolute atomic E-state index is 14.1. The molecule has 2 N–H and O–H groups in total. The number of thioether (sulfide) groups is 1. The van der Waals surface area contributed by atoms with Crippen LogP contribution in [0.1, 0.15) is 31.4 Å². The maximum atomic E-state index is 14.1. The Morgan fingerprint density at radius 3 is 2.84 bits per heavy atom. The van der Waals surface area contributed by atoms with Crippen LogP contribution in [0, 0.1) is 5.82 Å². The molecule has 1 aromatic carbocycles. The van der Waals surface area contributed by atoms with E-state index in [1.165, 1.54) is 11.8 Å². The minimum absolute atomic E-state index is 0.00454. The van der Waals surface area contributed by atoms with Crippen LogP contribution in [0.5, 0.6) is 0 Å². The van der Waals surface area contributed by atoms with Gasteiger partial charge >= 0.3 is 0 Å². The standard InChI is InChI=1S/C15H23FN2S/c1-2-14(17)15(12-6-3-4-7-13(12)16)18-8-5-10-19-11-9-18/h3-4,6-7,14-15H,2,5,8-11,17H2,1H3. The summed E-state index contributed by atoms with van der Waals surface area (Å²) in [5, 5.41) is 0. The highest BCUT2D eigenvalue weighted by atomic mass is 32.2. The van der Waals surface area contributed by atoms with Crippen molar-refractivity contribution in [2.75, 3.05) is 24.6 Å². The summed E-state index contributed by atoms with van der Waals surface area (Å²) in [7, 11) is 0. The van der Waals surface area contributed by atoms with Gasteiger partial charge in [-0.15, -0.1) is 0 Å². The predicted octanol–water partition coefficient (Wildman–Crippen LogP) is 3.04. The summed E-state index contributed by atoms with van der Waals surface area (Å²) in [6.07, 6.45) is 2.02. The summed E-state index contributed by atoms with van der Waals surface area (Å²) in [5.41, 5.74) is 7.04. The molecule has 106 valence electrons. The molecule has 1 heterocycles. The van der Waals surface area contributed by atoms with Crippen LogP contribution in [-0.4, -0.2) is 35.5 Å². The normalized spacial score (nSPS) is 20.8. The van der Waals surface area contributed by atoms with E-state index in [4.69, 9.17) is 5.73 Å². The van der Waals surface area contributed by atoms with Crippen LogP contribution in [-0.2, 0) is 0 Å². The maximum Gasteiger partial charge on any atom is 0.128 e. The molecule has 0 spiro atoms. The molecule has 2 nitrogen and oxygen atoms in total. The molecule has 0 bridgehead atoms. The summed E-state index contributed by atoms with van der Waals surface area (Å²) >= 11 is 1.98. The van der Waals surface area contributed by atoms with Crippen LogP contribution in [0.15, 0.2) is 24.3 Å². The lowest BCUT2D eigenvalue weighted by atomic mass is 9.95. The lowest BCUT2D eigenvalue weighted by molar-refractivity contribution is 0.178. The van der Waals surface area contributed by atoms with Crippen molar-refractivity contribution >= 4 is 11.8 Å². The van der Waals surface area contributed by atoms with Crippen molar-refractivity contribution in [3.8, 4) is 0 Å². The minimum Gasteiger partial charge on any atom is -0.326 e. The Labute approximate surface area is 119 Å². The number of hydrogen-bond acceptors (Lipinski definition) is 3. The van der Waals surface area contributed by atoms with Gasteiger partial charge in [-0.05, 0) is 31.2 Å². The van der Waals surface area contributed by atoms with Gasteiger partial charge in [-0.1, -0.05) is 25.1 Å². The third-order valence-electron chi connectivity index (χ3n) is 3.75. The summed E-state index contributed by atoms with van der Waals surface area (Å²) in [6.45, 7) is 4.09. The molecule has 1 aliphatic heterocycles. The summed E-state index contributed by atoms with van der Waals surface area (Å²) in [5.74, 6) is 2.18. The van der Waals surface area contributed by atoms with Crippen LogP contribution in [0.25, 0.3) is 0 Å². The number of nitrogens with zero attached hydrogens (tertiary/aromatic N) is 1. The first-order chi connectivity index (χ1) is 9.24. The van der Waals surface area contributed by atoms with Crippen molar-refractivity contribution in [1.29, 1.82) is 0 Å². The molecular formula is C15H23FN2S. The van der Waals surface area contributed by atoms with E-state index in [-0.39, 0.29) is 17.9 Å². The molecule has 0 aromatic heterocycles. The average Bonchev–Trinajstić information content (AvgIpc) is 2.70. The fraction of sp³-hybridized carbons (Fsp3) is 0.600. The predicted molar refractivity (Wildman–Crippen MR) is 80.9 cm³/mol. The van der Waals surface area contributed by atoms with Crippen molar-refractivity contribution < 1.29 is 4.39 Å². The second kappa shape index (κ2) is 7.27. The summed E-state index contributed by atoms with van der Waals surface area (Å²) in [6, 6.07) is 7.06. The van der Waals surface area contributed by atoms with Crippen LogP contribution in [0.2, 0.25) is 0 Å². The average molecular weight is 282 g/mol. The van der Waals surface area contributed by atoms with E-state index < -0.39 is 0 Å². The van der Waals surface area contributed by atoms with Gasteiger partial charge in [0.2, 0.25) is 0 Å². The van der Waals surface area contributed by atoms with Gasteiger partial charge in [-0.2, -0.15) is 11.8 Å².